The summed E-state index contributed by atoms with van der Waals surface area (Å²) in [4.78, 5) is 0. The molecule has 3 heteroatoms. The van der Waals surface area contributed by atoms with E-state index in [0.717, 1.165) is 25.1 Å². The summed E-state index contributed by atoms with van der Waals surface area (Å²) in [6.45, 7) is 7.70. The smallest absolute Gasteiger partial charge is 0.126 e. The normalized spacial score (nSPS) is 13.7. The van der Waals surface area contributed by atoms with E-state index in [0.29, 0.717) is 0 Å². The zero-order valence-corrected chi connectivity index (χ0v) is 11.0. The molecule has 0 radical (unpaired) electrons. The van der Waals surface area contributed by atoms with Gasteiger partial charge in [-0.2, -0.15) is 0 Å². The Kier molecular flexibility index (Phi) is 5.09. The second-order valence-corrected chi connectivity index (χ2v) is 5.31. The van der Waals surface area contributed by atoms with E-state index in [1.807, 2.05) is 32.9 Å². The molecule has 0 fully saturated rings. The van der Waals surface area contributed by atoms with E-state index in [4.69, 9.17) is 5.73 Å². The summed E-state index contributed by atoms with van der Waals surface area (Å²) in [5, 5.41) is 3.34. The van der Waals surface area contributed by atoms with Crippen LogP contribution in [0.4, 0.5) is 4.39 Å². The summed E-state index contributed by atoms with van der Waals surface area (Å²) in [6.07, 6.45) is 0.938. The fourth-order valence-electron chi connectivity index (χ4n) is 1.84. The Morgan fingerprint density at radius 1 is 1.35 bits per heavy atom. The third kappa shape index (κ3) is 4.44. The Bertz CT molecular complexity index is 348. The first-order chi connectivity index (χ1) is 7.93. The number of hydrogen-bond donors (Lipinski definition) is 2. The van der Waals surface area contributed by atoms with Gasteiger partial charge in [0.1, 0.15) is 5.82 Å². The first-order valence-corrected chi connectivity index (χ1v) is 6.15. The second kappa shape index (κ2) is 6.12. The van der Waals surface area contributed by atoms with Gasteiger partial charge in [-0.15, -0.1) is 0 Å². The van der Waals surface area contributed by atoms with Crippen LogP contribution in [0.5, 0.6) is 0 Å². The van der Waals surface area contributed by atoms with Crippen LogP contribution < -0.4 is 11.1 Å². The van der Waals surface area contributed by atoms with Crippen LogP contribution in [-0.2, 0) is 5.41 Å². The van der Waals surface area contributed by atoms with Crippen molar-refractivity contribution in [1.82, 2.24) is 5.32 Å². The maximum atomic E-state index is 13.7. The first-order valence-electron chi connectivity index (χ1n) is 6.15. The minimum atomic E-state index is -0.205. The van der Waals surface area contributed by atoms with Gasteiger partial charge in [-0.05, 0) is 31.5 Å². The molecule has 17 heavy (non-hydrogen) atoms. The maximum absolute atomic E-state index is 13.7. The zero-order chi connectivity index (χ0) is 12.9. The van der Waals surface area contributed by atoms with E-state index in [9.17, 15) is 4.39 Å². The van der Waals surface area contributed by atoms with Gasteiger partial charge < -0.3 is 11.1 Å². The highest BCUT2D eigenvalue weighted by atomic mass is 19.1. The number of nitrogens with one attached hydrogen (secondary N) is 1. The molecule has 3 N–H and O–H groups in total. The maximum Gasteiger partial charge on any atom is 0.126 e. The largest absolute Gasteiger partial charge is 0.328 e. The van der Waals surface area contributed by atoms with Crippen molar-refractivity contribution in [3.63, 3.8) is 0 Å². The fraction of sp³-hybridized carbons (Fsp3) is 0.571. The lowest BCUT2D eigenvalue weighted by Gasteiger charge is -2.26. The molecule has 1 unspecified atom stereocenters. The van der Waals surface area contributed by atoms with Crippen molar-refractivity contribution < 1.29 is 4.39 Å². The predicted molar refractivity (Wildman–Crippen MR) is 70.6 cm³/mol. The van der Waals surface area contributed by atoms with E-state index in [-0.39, 0.29) is 17.3 Å². The van der Waals surface area contributed by atoms with E-state index in [1.165, 1.54) is 6.07 Å². The van der Waals surface area contributed by atoms with Crippen LogP contribution in [0.2, 0.25) is 0 Å². The standard InChI is InChI=1S/C14H23FN2/c1-11(16)8-9-17-10-14(2,3)12-6-4-5-7-13(12)15/h4-7,11,17H,8-10,16H2,1-3H3. The van der Waals surface area contributed by atoms with E-state index < -0.39 is 0 Å². The number of benzene rings is 1. The number of halogens is 1. The van der Waals surface area contributed by atoms with Crippen molar-refractivity contribution >= 4 is 0 Å². The Balaban J connectivity index is 2.54. The lowest BCUT2D eigenvalue weighted by Crippen LogP contribution is -2.35. The summed E-state index contributed by atoms with van der Waals surface area (Å²) >= 11 is 0. The Hall–Kier alpha value is -0.930. The SMILES string of the molecule is CC(N)CCNCC(C)(C)c1ccccc1F. The quantitative estimate of drug-likeness (QED) is 0.747. The topological polar surface area (TPSA) is 38.0 Å². The first kappa shape index (κ1) is 14.1. The fourth-order valence-corrected chi connectivity index (χ4v) is 1.84. The summed E-state index contributed by atoms with van der Waals surface area (Å²) < 4.78 is 13.7. The highest BCUT2D eigenvalue weighted by Gasteiger charge is 2.23. The Labute approximate surface area is 103 Å². The van der Waals surface area contributed by atoms with E-state index in [1.54, 1.807) is 6.07 Å². The van der Waals surface area contributed by atoms with Crippen molar-refractivity contribution in [2.75, 3.05) is 13.1 Å². The highest BCUT2D eigenvalue weighted by Crippen LogP contribution is 2.24. The van der Waals surface area contributed by atoms with Gasteiger partial charge >= 0.3 is 0 Å². The van der Waals surface area contributed by atoms with Crippen LogP contribution in [0.15, 0.2) is 24.3 Å². The molecule has 96 valence electrons. The summed E-state index contributed by atoms with van der Waals surface area (Å²) in [7, 11) is 0. The summed E-state index contributed by atoms with van der Waals surface area (Å²) in [5.74, 6) is -0.133. The summed E-state index contributed by atoms with van der Waals surface area (Å²) in [6, 6.07) is 7.17. The van der Waals surface area contributed by atoms with Gasteiger partial charge in [0.05, 0.1) is 0 Å². The van der Waals surface area contributed by atoms with Gasteiger partial charge in [0.25, 0.3) is 0 Å². The van der Waals surface area contributed by atoms with Crippen molar-refractivity contribution in [1.29, 1.82) is 0 Å². The van der Waals surface area contributed by atoms with Crippen LogP contribution in [0.25, 0.3) is 0 Å². The van der Waals surface area contributed by atoms with Crippen molar-refractivity contribution in [2.24, 2.45) is 5.73 Å². The molecule has 0 saturated carbocycles. The zero-order valence-electron chi connectivity index (χ0n) is 11.0. The molecule has 0 amide bonds. The molecule has 0 saturated heterocycles. The van der Waals surface area contributed by atoms with Crippen molar-refractivity contribution in [3.8, 4) is 0 Å². The molecule has 1 atom stereocenters. The third-order valence-corrected chi connectivity index (χ3v) is 2.95. The van der Waals surface area contributed by atoms with Gasteiger partial charge in [0.15, 0.2) is 0 Å². The van der Waals surface area contributed by atoms with E-state index >= 15 is 0 Å². The van der Waals surface area contributed by atoms with Crippen LogP contribution in [0, 0.1) is 5.82 Å². The summed E-state index contributed by atoms with van der Waals surface area (Å²) in [5.41, 5.74) is 6.23. The Morgan fingerprint density at radius 3 is 2.59 bits per heavy atom. The molecule has 0 bridgehead atoms. The van der Waals surface area contributed by atoms with Crippen molar-refractivity contribution in [2.45, 2.75) is 38.6 Å². The molecule has 0 aliphatic rings. The second-order valence-electron chi connectivity index (χ2n) is 5.31. The number of rotatable bonds is 6. The molecule has 2 nitrogen and oxygen atoms in total. The van der Waals surface area contributed by atoms with Crippen LogP contribution in [0.1, 0.15) is 32.8 Å². The predicted octanol–water partition coefficient (Wildman–Crippen LogP) is 2.43. The highest BCUT2D eigenvalue weighted by molar-refractivity contribution is 5.25. The van der Waals surface area contributed by atoms with Gasteiger partial charge in [-0.3, -0.25) is 0 Å². The van der Waals surface area contributed by atoms with Crippen molar-refractivity contribution in [3.05, 3.63) is 35.6 Å². The molecule has 1 aromatic rings. The molecular formula is C14H23FN2. The molecule has 0 aliphatic heterocycles. The molecule has 1 rings (SSSR count). The monoisotopic (exact) mass is 238 g/mol. The minimum Gasteiger partial charge on any atom is -0.328 e. The van der Waals surface area contributed by atoms with Crippen LogP contribution in [-0.4, -0.2) is 19.1 Å². The molecule has 0 spiro atoms. The van der Waals surface area contributed by atoms with Crippen LogP contribution >= 0.6 is 0 Å². The van der Waals surface area contributed by atoms with Crippen LogP contribution in [0.3, 0.4) is 0 Å². The van der Waals surface area contributed by atoms with Gasteiger partial charge in [-0.25, -0.2) is 4.39 Å². The average Bonchev–Trinajstić information content (AvgIpc) is 2.24. The molecule has 0 heterocycles. The minimum absolute atomic E-state index is 0.133. The van der Waals surface area contributed by atoms with Gasteiger partial charge in [0.2, 0.25) is 0 Å². The Morgan fingerprint density at radius 2 is 2.00 bits per heavy atom. The number of nitrogens with two attached hydrogens (primary N) is 1. The van der Waals surface area contributed by atoms with E-state index in [2.05, 4.69) is 5.32 Å². The lowest BCUT2D eigenvalue weighted by molar-refractivity contribution is 0.437. The van der Waals surface area contributed by atoms with Gasteiger partial charge in [-0.1, -0.05) is 32.0 Å². The molecule has 0 aliphatic carbocycles. The van der Waals surface area contributed by atoms with Gasteiger partial charge in [0, 0.05) is 18.0 Å². The number of hydrogen-bond acceptors (Lipinski definition) is 2. The lowest BCUT2D eigenvalue weighted by atomic mass is 9.84. The molecular weight excluding hydrogens is 215 g/mol. The molecule has 1 aromatic carbocycles. The third-order valence-electron chi connectivity index (χ3n) is 2.95. The molecule has 0 aromatic heterocycles. The average molecular weight is 238 g/mol.